The molecule has 0 spiro atoms. The first-order valence-electron chi connectivity index (χ1n) is 4.91. The molecule has 1 saturated heterocycles. The highest BCUT2D eigenvalue weighted by atomic mass is 16.7. The zero-order chi connectivity index (χ0) is 11.1. The van der Waals surface area contributed by atoms with E-state index in [4.69, 9.17) is 4.74 Å². The standard InChI is InChI=1S/C12H14O3/c1-8-4-6-9(7-5-8)10-12(2,15-10)11(13)14-3/h4-7,10H,1-3H3. The number of methoxy groups -OCH3 is 1. The Kier molecular flexibility index (Phi) is 2.27. The van der Waals surface area contributed by atoms with Crippen molar-refractivity contribution >= 4 is 5.97 Å². The van der Waals surface area contributed by atoms with Crippen LogP contribution in [0.3, 0.4) is 0 Å². The van der Waals surface area contributed by atoms with Crippen molar-refractivity contribution in [2.75, 3.05) is 7.11 Å². The molecule has 1 fully saturated rings. The zero-order valence-electron chi connectivity index (χ0n) is 9.11. The molecule has 1 aromatic rings. The van der Waals surface area contributed by atoms with Gasteiger partial charge < -0.3 is 9.47 Å². The van der Waals surface area contributed by atoms with Gasteiger partial charge in [-0.05, 0) is 19.4 Å². The van der Waals surface area contributed by atoms with Crippen LogP contribution in [0.2, 0.25) is 0 Å². The lowest BCUT2D eigenvalue weighted by Crippen LogP contribution is -2.22. The second-order valence-electron chi connectivity index (χ2n) is 4.01. The van der Waals surface area contributed by atoms with E-state index in [-0.39, 0.29) is 12.1 Å². The van der Waals surface area contributed by atoms with Gasteiger partial charge in [0.1, 0.15) is 6.10 Å². The third-order valence-corrected chi connectivity index (χ3v) is 2.78. The number of ether oxygens (including phenoxy) is 2. The lowest BCUT2D eigenvalue weighted by Gasteiger charge is -2.03. The molecule has 3 nitrogen and oxygen atoms in total. The van der Waals surface area contributed by atoms with E-state index in [9.17, 15) is 4.79 Å². The Bertz CT molecular complexity index is 382. The lowest BCUT2D eigenvalue weighted by molar-refractivity contribution is -0.146. The SMILES string of the molecule is COC(=O)C1(C)OC1c1ccc(C)cc1. The third-order valence-electron chi connectivity index (χ3n) is 2.78. The van der Waals surface area contributed by atoms with Gasteiger partial charge in [0.15, 0.2) is 5.60 Å². The number of rotatable bonds is 2. The number of aryl methyl sites for hydroxylation is 1. The summed E-state index contributed by atoms with van der Waals surface area (Å²) < 4.78 is 10.1. The summed E-state index contributed by atoms with van der Waals surface area (Å²) in [6.07, 6.45) is -0.162. The third kappa shape index (κ3) is 1.63. The Morgan fingerprint density at radius 1 is 1.40 bits per heavy atom. The number of hydrogen-bond donors (Lipinski definition) is 0. The predicted molar refractivity (Wildman–Crippen MR) is 55.4 cm³/mol. The molecule has 0 bridgehead atoms. The molecule has 80 valence electrons. The van der Waals surface area contributed by atoms with Crippen molar-refractivity contribution in [2.24, 2.45) is 0 Å². The Morgan fingerprint density at radius 3 is 2.53 bits per heavy atom. The summed E-state index contributed by atoms with van der Waals surface area (Å²) in [7, 11) is 1.38. The fourth-order valence-electron chi connectivity index (χ4n) is 1.70. The second-order valence-corrected chi connectivity index (χ2v) is 4.01. The smallest absolute Gasteiger partial charge is 0.340 e. The van der Waals surface area contributed by atoms with Gasteiger partial charge in [0, 0.05) is 0 Å². The van der Waals surface area contributed by atoms with Gasteiger partial charge in [-0.3, -0.25) is 0 Å². The van der Waals surface area contributed by atoms with E-state index in [2.05, 4.69) is 4.74 Å². The molecule has 15 heavy (non-hydrogen) atoms. The van der Waals surface area contributed by atoms with Crippen LogP contribution in [0.4, 0.5) is 0 Å². The van der Waals surface area contributed by atoms with Crippen LogP contribution in [0.5, 0.6) is 0 Å². The van der Waals surface area contributed by atoms with E-state index in [1.807, 2.05) is 31.2 Å². The molecule has 1 aliphatic heterocycles. The Hall–Kier alpha value is -1.35. The highest BCUT2D eigenvalue weighted by Gasteiger charge is 2.60. The van der Waals surface area contributed by atoms with Crippen LogP contribution in [-0.4, -0.2) is 18.7 Å². The van der Waals surface area contributed by atoms with Crippen LogP contribution in [0.1, 0.15) is 24.2 Å². The molecule has 1 aliphatic rings. The highest BCUT2D eigenvalue weighted by molar-refractivity contribution is 5.83. The van der Waals surface area contributed by atoms with Gasteiger partial charge in [0.05, 0.1) is 7.11 Å². The van der Waals surface area contributed by atoms with Gasteiger partial charge in [0.25, 0.3) is 0 Å². The van der Waals surface area contributed by atoms with Gasteiger partial charge in [-0.25, -0.2) is 4.79 Å². The molecule has 0 radical (unpaired) electrons. The zero-order valence-corrected chi connectivity index (χ0v) is 9.11. The summed E-state index contributed by atoms with van der Waals surface area (Å²) in [5, 5.41) is 0. The molecular weight excluding hydrogens is 192 g/mol. The van der Waals surface area contributed by atoms with Gasteiger partial charge >= 0.3 is 5.97 Å². The number of benzene rings is 1. The Morgan fingerprint density at radius 2 is 2.00 bits per heavy atom. The predicted octanol–water partition coefficient (Wildman–Crippen LogP) is 2.00. The molecule has 0 aromatic heterocycles. The highest BCUT2D eigenvalue weighted by Crippen LogP contribution is 2.49. The van der Waals surface area contributed by atoms with Gasteiger partial charge in [0.2, 0.25) is 0 Å². The molecular formula is C12H14O3. The van der Waals surface area contributed by atoms with Crippen LogP contribution in [0, 0.1) is 6.92 Å². The monoisotopic (exact) mass is 206 g/mol. The van der Waals surface area contributed by atoms with Crippen molar-refractivity contribution < 1.29 is 14.3 Å². The van der Waals surface area contributed by atoms with E-state index in [1.54, 1.807) is 6.92 Å². The van der Waals surface area contributed by atoms with Gasteiger partial charge in [-0.15, -0.1) is 0 Å². The Balaban J connectivity index is 2.16. The summed E-state index contributed by atoms with van der Waals surface area (Å²) >= 11 is 0. The van der Waals surface area contributed by atoms with Crippen LogP contribution < -0.4 is 0 Å². The number of hydrogen-bond acceptors (Lipinski definition) is 3. The quantitative estimate of drug-likeness (QED) is 0.548. The first-order chi connectivity index (χ1) is 7.08. The maximum atomic E-state index is 11.4. The first-order valence-corrected chi connectivity index (χ1v) is 4.91. The molecule has 1 aromatic carbocycles. The molecule has 2 unspecified atom stereocenters. The van der Waals surface area contributed by atoms with Crippen LogP contribution in [0.15, 0.2) is 24.3 Å². The van der Waals surface area contributed by atoms with Crippen molar-refractivity contribution in [1.82, 2.24) is 0 Å². The van der Waals surface area contributed by atoms with E-state index in [1.165, 1.54) is 12.7 Å². The van der Waals surface area contributed by atoms with Crippen LogP contribution in [0.25, 0.3) is 0 Å². The van der Waals surface area contributed by atoms with E-state index in [0.29, 0.717) is 0 Å². The topological polar surface area (TPSA) is 38.8 Å². The average molecular weight is 206 g/mol. The Labute approximate surface area is 89.0 Å². The van der Waals surface area contributed by atoms with Crippen molar-refractivity contribution in [3.8, 4) is 0 Å². The van der Waals surface area contributed by atoms with E-state index in [0.717, 1.165) is 5.56 Å². The first kappa shape index (κ1) is 10.2. The fourth-order valence-corrected chi connectivity index (χ4v) is 1.70. The molecule has 0 saturated carbocycles. The van der Waals surface area contributed by atoms with Crippen LogP contribution in [-0.2, 0) is 14.3 Å². The molecule has 2 rings (SSSR count). The molecule has 0 aliphatic carbocycles. The molecule has 0 amide bonds. The second kappa shape index (κ2) is 3.35. The minimum absolute atomic E-state index is 0.162. The minimum atomic E-state index is -0.788. The van der Waals surface area contributed by atoms with Crippen LogP contribution >= 0.6 is 0 Å². The fraction of sp³-hybridized carbons (Fsp3) is 0.417. The maximum absolute atomic E-state index is 11.4. The van der Waals surface area contributed by atoms with E-state index >= 15 is 0 Å². The number of epoxide rings is 1. The molecule has 1 heterocycles. The summed E-state index contributed by atoms with van der Waals surface area (Å²) in [5.41, 5.74) is 1.43. The number of esters is 1. The van der Waals surface area contributed by atoms with Gasteiger partial charge in [-0.1, -0.05) is 29.8 Å². The number of carbonyl (C=O) groups excluding carboxylic acids is 1. The minimum Gasteiger partial charge on any atom is -0.467 e. The summed E-state index contributed by atoms with van der Waals surface area (Å²) in [5.74, 6) is -0.312. The summed E-state index contributed by atoms with van der Waals surface area (Å²) in [6.45, 7) is 3.78. The van der Waals surface area contributed by atoms with Gasteiger partial charge in [-0.2, -0.15) is 0 Å². The maximum Gasteiger partial charge on any atom is 0.340 e. The molecule has 3 heteroatoms. The van der Waals surface area contributed by atoms with Crippen molar-refractivity contribution in [2.45, 2.75) is 25.6 Å². The largest absolute Gasteiger partial charge is 0.467 e. The molecule has 0 N–H and O–H groups in total. The van der Waals surface area contributed by atoms with E-state index < -0.39 is 5.60 Å². The number of carbonyl (C=O) groups is 1. The van der Waals surface area contributed by atoms with Crippen molar-refractivity contribution in [1.29, 1.82) is 0 Å². The summed E-state index contributed by atoms with van der Waals surface area (Å²) in [4.78, 5) is 11.4. The van der Waals surface area contributed by atoms with Crippen molar-refractivity contribution in [3.63, 3.8) is 0 Å². The van der Waals surface area contributed by atoms with Crippen molar-refractivity contribution in [3.05, 3.63) is 35.4 Å². The average Bonchev–Trinajstić information content (AvgIpc) is 2.92. The summed E-state index contributed by atoms with van der Waals surface area (Å²) in [6, 6.07) is 7.98. The normalized spacial score (nSPS) is 28.6. The molecule has 2 atom stereocenters. The lowest BCUT2D eigenvalue weighted by atomic mass is 10.0.